The largest absolute Gasteiger partial charge is 0.471 e. The van der Waals surface area contributed by atoms with Gasteiger partial charge >= 0.3 is 6.03 Å². The van der Waals surface area contributed by atoms with Gasteiger partial charge in [0.2, 0.25) is 5.88 Å². The van der Waals surface area contributed by atoms with Crippen LogP contribution in [-0.4, -0.2) is 48.2 Å². The van der Waals surface area contributed by atoms with Crippen molar-refractivity contribution in [2.75, 3.05) is 25.0 Å². The van der Waals surface area contributed by atoms with Crippen molar-refractivity contribution in [1.82, 2.24) is 15.0 Å². The van der Waals surface area contributed by atoms with Gasteiger partial charge in [0, 0.05) is 18.7 Å². The lowest BCUT2D eigenvalue weighted by Crippen LogP contribution is -2.51. The van der Waals surface area contributed by atoms with E-state index in [1.807, 2.05) is 0 Å². The molecule has 1 aromatic carbocycles. The van der Waals surface area contributed by atoms with E-state index in [1.54, 1.807) is 6.92 Å². The number of amides is 3. The molecule has 2 atom stereocenters. The first-order valence-electron chi connectivity index (χ1n) is 9.53. The molecular weight excluding hydrogens is 432 g/mol. The van der Waals surface area contributed by atoms with Gasteiger partial charge in [0.15, 0.2) is 11.6 Å². The number of carbonyl (C=O) groups excluding carboxylic acids is 2. The zero-order chi connectivity index (χ0) is 22.5. The number of nitrogens with one attached hydrogen (secondary N) is 3. The zero-order valence-corrected chi connectivity index (χ0v) is 17.8. The van der Waals surface area contributed by atoms with Crippen LogP contribution in [0.3, 0.4) is 0 Å². The average Bonchev–Trinajstić information content (AvgIpc) is 3.14. The number of anilines is 1. The number of nitrogens with two attached hydrogens (primary N) is 1. The monoisotopic (exact) mass is 455 g/mol. The molecule has 31 heavy (non-hydrogen) atoms. The first kappa shape index (κ1) is 22.8. The molecule has 1 saturated heterocycles. The summed E-state index contributed by atoms with van der Waals surface area (Å²) in [7, 11) is 0. The minimum absolute atomic E-state index is 0.0475. The molecule has 1 aliphatic heterocycles. The lowest BCUT2D eigenvalue weighted by atomic mass is 10.1. The zero-order valence-electron chi connectivity index (χ0n) is 17.0. The summed E-state index contributed by atoms with van der Waals surface area (Å²) in [6.07, 6.45) is -0.194. The highest BCUT2D eigenvalue weighted by Gasteiger charge is 2.25. The molecule has 0 radical (unpaired) electrons. The Morgan fingerprint density at radius 3 is 2.87 bits per heavy atom. The SMILES string of the molecule is Cc1ccc(COc2nsc(NC(=O)NC(C)C3CNCCO3)c2C(N)=O)c(F)c1F. The van der Waals surface area contributed by atoms with Gasteiger partial charge in [0.25, 0.3) is 5.91 Å². The third-order valence-corrected chi connectivity index (χ3v) is 5.47. The predicted molar refractivity (Wildman–Crippen MR) is 110 cm³/mol. The molecule has 3 rings (SSSR count). The van der Waals surface area contributed by atoms with Crippen molar-refractivity contribution < 1.29 is 27.8 Å². The molecule has 9 nitrogen and oxygen atoms in total. The van der Waals surface area contributed by atoms with Crippen LogP contribution in [0, 0.1) is 18.6 Å². The summed E-state index contributed by atoms with van der Waals surface area (Å²) in [5.74, 6) is -3.08. The molecule has 168 valence electrons. The topological polar surface area (TPSA) is 128 Å². The van der Waals surface area contributed by atoms with E-state index < -0.39 is 23.6 Å². The molecule has 5 N–H and O–H groups in total. The summed E-state index contributed by atoms with van der Waals surface area (Å²) in [5, 5.41) is 8.50. The Balaban J connectivity index is 1.66. The van der Waals surface area contributed by atoms with Crippen LogP contribution in [0.4, 0.5) is 18.6 Å². The lowest BCUT2D eigenvalue weighted by Gasteiger charge is -2.29. The highest BCUT2D eigenvalue weighted by molar-refractivity contribution is 7.11. The molecular formula is C19H23F2N5O4S. The Labute approximate surface area is 181 Å². The molecule has 0 spiro atoms. The van der Waals surface area contributed by atoms with Crippen LogP contribution in [0.25, 0.3) is 0 Å². The van der Waals surface area contributed by atoms with E-state index in [2.05, 4.69) is 20.3 Å². The number of halogens is 2. The van der Waals surface area contributed by atoms with Gasteiger partial charge in [0.05, 0.1) is 18.8 Å². The summed E-state index contributed by atoms with van der Waals surface area (Å²) in [6, 6.07) is 1.91. The molecule has 1 fully saturated rings. The summed E-state index contributed by atoms with van der Waals surface area (Å²) in [6.45, 7) is 4.76. The quantitative estimate of drug-likeness (QED) is 0.505. The van der Waals surface area contributed by atoms with Gasteiger partial charge in [-0.15, -0.1) is 0 Å². The van der Waals surface area contributed by atoms with E-state index in [-0.39, 0.29) is 46.3 Å². The summed E-state index contributed by atoms with van der Waals surface area (Å²) in [4.78, 5) is 24.2. The molecule has 2 unspecified atom stereocenters. The van der Waals surface area contributed by atoms with Gasteiger partial charge in [0.1, 0.15) is 17.2 Å². The van der Waals surface area contributed by atoms with E-state index in [4.69, 9.17) is 15.2 Å². The fourth-order valence-electron chi connectivity index (χ4n) is 2.97. The number of carbonyl (C=O) groups is 2. The second-order valence-electron chi connectivity index (χ2n) is 7.01. The minimum atomic E-state index is -1.04. The van der Waals surface area contributed by atoms with Gasteiger partial charge < -0.3 is 25.8 Å². The Bertz CT molecular complexity index is 965. The molecule has 3 amide bonds. The predicted octanol–water partition coefficient (Wildman–Crippen LogP) is 1.91. The number of hydrogen-bond donors (Lipinski definition) is 4. The molecule has 0 aliphatic carbocycles. The van der Waals surface area contributed by atoms with Crippen molar-refractivity contribution in [1.29, 1.82) is 0 Å². The van der Waals surface area contributed by atoms with Crippen molar-refractivity contribution in [3.05, 3.63) is 40.5 Å². The summed E-state index contributed by atoms with van der Waals surface area (Å²) < 4.78 is 42.7. The third-order valence-electron chi connectivity index (χ3n) is 4.73. The number of aryl methyl sites for hydroxylation is 1. The molecule has 12 heteroatoms. The number of rotatable bonds is 7. The molecule has 2 aromatic rings. The first-order chi connectivity index (χ1) is 14.8. The molecule has 1 aromatic heterocycles. The Morgan fingerprint density at radius 1 is 1.42 bits per heavy atom. The normalized spacial score (nSPS) is 17.1. The standard InChI is InChI=1S/C19H23F2N5O4S/c1-9-3-4-11(15(21)14(9)20)8-30-17-13(16(22)27)18(31-26-17)25-19(28)24-10(2)12-7-23-5-6-29-12/h3-4,10,12,23H,5-8H2,1-2H3,(H2,22,27)(H2,24,25,28). The number of hydrogen-bond acceptors (Lipinski definition) is 7. The van der Waals surface area contributed by atoms with E-state index >= 15 is 0 Å². The van der Waals surface area contributed by atoms with E-state index in [0.717, 1.165) is 18.1 Å². The second kappa shape index (κ2) is 9.98. The van der Waals surface area contributed by atoms with Crippen molar-refractivity contribution >= 4 is 28.5 Å². The van der Waals surface area contributed by atoms with E-state index in [1.165, 1.54) is 19.1 Å². The van der Waals surface area contributed by atoms with Gasteiger partial charge in [-0.1, -0.05) is 12.1 Å². The smallest absolute Gasteiger partial charge is 0.320 e. The van der Waals surface area contributed by atoms with Crippen molar-refractivity contribution in [3.63, 3.8) is 0 Å². The maximum absolute atomic E-state index is 14.0. The maximum Gasteiger partial charge on any atom is 0.320 e. The minimum Gasteiger partial charge on any atom is -0.471 e. The second-order valence-corrected chi connectivity index (χ2v) is 7.79. The van der Waals surface area contributed by atoms with E-state index in [0.29, 0.717) is 13.2 Å². The van der Waals surface area contributed by atoms with Crippen LogP contribution in [0.2, 0.25) is 0 Å². The highest BCUT2D eigenvalue weighted by Crippen LogP contribution is 2.31. The third kappa shape index (κ3) is 5.46. The fraction of sp³-hybridized carbons (Fsp3) is 0.421. The van der Waals surface area contributed by atoms with Crippen molar-refractivity contribution in [3.8, 4) is 5.88 Å². The number of aromatic nitrogens is 1. The van der Waals surface area contributed by atoms with Crippen LogP contribution in [0.15, 0.2) is 12.1 Å². The Hall–Kier alpha value is -2.83. The highest BCUT2D eigenvalue weighted by atomic mass is 32.1. The summed E-state index contributed by atoms with van der Waals surface area (Å²) in [5.41, 5.74) is 5.37. The number of nitrogens with zero attached hydrogens (tertiary/aromatic N) is 1. The number of morpholine rings is 1. The van der Waals surface area contributed by atoms with Gasteiger partial charge in [-0.05, 0) is 30.9 Å². The molecule has 2 heterocycles. The van der Waals surface area contributed by atoms with Crippen LogP contribution in [0.1, 0.15) is 28.4 Å². The van der Waals surface area contributed by atoms with Crippen molar-refractivity contribution in [2.24, 2.45) is 5.73 Å². The number of urea groups is 1. The summed E-state index contributed by atoms with van der Waals surface area (Å²) >= 11 is 0.781. The van der Waals surface area contributed by atoms with Crippen LogP contribution in [-0.2, 0) is 11.3 Å². The first-order valence-corrected chi connectivity index (χ1v) is 10.3. The van der Waals surface area contributed by atoms with Crippen LogP contribution >= 0.6 is 11.5 Å². The molecule has 1 aliphatic rings. The Morgan fingerprint density at radius 2 is 2.19 bits per heavy atom. The molecule has 0 saturated carbocycles. The van der Waals surface area contributed by atoms with Gasteiger partial charge in [-0.25, -0.2) is 13.6 Å². The van der Waals surface area contributed by atoms with Crippen LogP contribution in [0.5, 0.6) is 5.88 Å². The number of benzene rings is 1. The maximum atomic E-state index is 14.0. The number of primary amides is 1. The lowest BCUT2D eigenvalue weighted by molar-refractivity contribution is 0.0110. The van der Waals surface area contributed by atoms with Crippen molar-refractivity contribution in [2.45, 2.75) is 32.6 Å². The molecule has 0 bridgehead atoms. The van der Waals surface area contributed by atoms with E-state index in [9.17, 15) is 18.4 Å². The van der Waals surface area contributed by atoms with Gasteiger partial charge in [-0.2, -0.15) is 4.37 Å². The Kier molecular flexibility index (Phi) is 7.36. The van der Waals surface area contributed by atoms with Gasteiger partial charge in [-0.3, -0.25) is 10.1 Å². The number of ether oxygens (including phenoxy) is 2. The fourth-order valence-corrected chi connectivity index (χ4v) is 3.70. The van der Waals surface area contributed by atoms with Crippen LogP contribution < -0.4 is 26.4 Å². The average molecular weight is 455 g/mol.